The highest BCUT2D eigenvalue weighted by Crippen LogP contribution is 2.38. The van der Waals surface area contributed by atoms with Gasteiger partial charge in [0.2, 0.25) is 0 Å². The van der Waals surface area contributed by atoms with E-state index in [1.807, 2.05) is 6.07 Å². The molecule has 10 nitrogen and oxygen atoms in total. The van der Waals surface area contributed by atoms with Crippen LogP contribution in [0.3, 0.4) is 0 Å². The Morgan fingerprint density at radius 2 is 1.73 bits per heavy atom. The molecule has 0 fully saturated rings. The Morgan fingerprint density at radius 3 is 2.48 bits per heavy atom. The summed E-state index contributed by atoms with van der Waals surface area (Å²) in [6.07, 6.45) is 4.32. The first-order chi connectivity index (χ1) is 19.0. The number of rotatable bonds is 7. The van der Waals surface area contributed by atoms with Crippen LogP contribution < -0.4 is 15.0 Å². The van der Waals surface area contributed by atoms with Gasteiger partial charge in [-0.05, 0) is 48.5 Å². The van der Waals surface area contributed by atoms with E-state index in [2.05, 4.69) is 9.71 Å². The molecule has 5 rings (SSSR count). The molecule has 0 atom stereocenters. The summed E-state index contributed by atoms with van der Waals surface area (Å²) in [5, 5.41) is 9.89. The third kappa shape index (κ3) is 5.07. The molecular formula is C28H22N4O6S2. The second kappa shape index (κ2) is 10.0. The third-order valence-corrected chi connectivity index (χ3v) is 8.72. The number of pyridine rings is 1. The van der Waals surface area contributed by atoms with Crippen LogP contribution in [0.5, 0.6) is 11.5 Å². The van der Waals surface area contributed by atoms with Gasteiger partial charge >= 0.3 is 0 Å². The molecule has 5 aromatic rings. The first-order valence-corrected chi connectivity index (χ1v) is 15.2. The minimum Gasteiger partial charge on any atom is -0.457 e. The smallest absolute Gasteiger partial charge is 0.274 e. The molecule has 0 radical (unpaired) electrons. The van der Waals surface area contributed by atoms with E-state index >= 15 is 0 Å². The number of ether oxygens (including phenoxy) is 1. The van der Waals surface area contributed by atoms with E-state index < -0.39 is 19.9 Å². The summed E-state index contributed by atoms with van der Waals surface area (Å²) >= 11 is 0. The van der Waals surface area contributed by atoms with E-state index in [4.69, 9.17) is 4.74 Å². The fraction of sp³-hybridized carbons (Fsp3) is 0.0714. The summed E-state index contributed by atoms with van der Waals surface area (Å²) in [4.78, 5) is 15.4. The highest BCUT2D eigenvalue weighted by atomic mass is 32.2. The first-order valence-electron chi connectivity index (χ1n) is 11.8. The van der Waals surface area contributed by atoms with Gasteiger partial charge in [-0.2, -0.15) is 5.26 Å². The number of sulfonamides is 1. The molecular weight excluding hydrogens is 552 g/mol. The molecule has 0 saturated heterocycles. The van der Waals surface area contributed by atoms with Gasteiger partial charge in [0, 0.05) is 48.3 Å². The van der Waals surface area contributed by atoms with Crippen molar-refractivity contribution in [1.82, 2.24) is 9.55 Å². The molecule has 2 aromatic heterocycles. The number of anilines is 1. The van der Waals surface area contributed by atoms with Crippen molar-refractivity contribution in [1.29, 1.82) is 5.26 Å². The number of aromatic nitrogens is 2. The highest BCUT2D eigenvalue weighted by Gasteiger charge is 2.20. The van der Waals surface area contributed by atoms with E-state index in [9.17, 15) is 26.9 Å². The van der Waals surface area contributed by atoms with Crippen molar-refractivity contribution >= 4 is 36.5 Å². The van der Waals surface area contributed by atoms with Gasteiger partial charge in [0.15, 0.2) is 9.84 Å². The number of H-pyrrole nitrogens is 1. The normalized spacial score (nSPS) is 11.7. The number of benzene rings is 3. The Morgan fingerprint density at radius 1 is 0.950 bits per heavy atom. The standard InChI is InChI=1S/C28H22N4O6S2/c1-32-17-24(22-12-13-30-27(22)28(32)33)23-15-21(39(2,34)35)10-11-25(23)38-20-8-5-7-19(14-20)31-40(36,37)26-9-4-3-6-18(26)16-29/h3-15,17,30-31H,1-2H3. The molecule has 0 saturated carbocycles. The fourth-order valence-electron chi connectivity index (χ4n) is 4.28. The van der Waals surface area contributed by atoms with Crippen molar-refractivity contribution in [3.8, 4) is 28.7 Å². The number of nitriles is 1. The lowest BCUT2D eigenvalue weighted by molar-refractivity contribution is 0.484. The lowest BCUT2D eigenvalue weighted by atomic mass is 10.0. The molecule has 40 heavy (non-hydrogen) atoms. The Labute approximate surface area is 230 Å². The van der Waals surface area contributed by atoms with Crippen LogP contribution in [-0.2, 0) is 26.9 Å². The minimum absolute atomic E-state index is 0.00588. The highest BCUT2D eigenvalue weighted by molar-refractivity contribution is 7.92. The number of sulfone groups is 1. The molecule has 202 valence electrons. The molecule has 0 aliphatic carbocycles. The SMILES string of the molecule is Cn1cc(-c2cc(S(C)(=O)=O)ccc2Oc2cccc(NS(=O)(=O)c3ccccc3C#N)c2)c2cc[nH]c2c1=O. The predicted molar refractivity (Wildman–Crippen MR) is 151 cm³/mol. The average Bonchev–Trinajstić information content (AvgIpc) is 3.41. The van der Waals surface area contributed by atoms with Crippen molar-refractivity contribution in [2.24, 2.45) is 7.05 Å². The lowest BCUT2D eigenvalue weighted by Gasteiger charge is -2.16. The summed E-state index contributed by atoms with van der Waals surface area (Å²) in [6.45, 7) is 0. The van der Waals surface area contributed by atoms with Gasteiger partial charge in [0.05, 0.1) is 16.1 Å². The van der Waals surface area contributed by atoms with E-state index in [0.717, 1.165) is 6.26 Å². The number of hydrogen-bond donors (Lipinski definition) is 2. The maximum absolute atomic E-state index is 13.0. The average molecular weight is 575 g/mol. The Kier molecular flexibility index (Phi) is 6.70. The number of aryl methyl sites for hydroxylation is 1. The summed E-state index contributed by atoms with van der Waals surface area (Å²) in [6, 6.07) is 20.0. The Balaban J connectivity index is 1.58. The monoisotopic (exact) mass is 574 g/mol. The molecule has 0 unspecified atom stereocenters. The zero-order valence-electron chi connectivity index (χ0n) is 21.2. The van der Waals surface area contributed by atoms with Crippen LogP contribution in [0, 0.1) is 11.3 Å². The molecule has 12 heteroatoms. The zero-order chi connectivity index (χ0) is 28.7. The molecule has 0 spiro atoms. The molecule has 0 amide bonds. The summed E-state index contributed by atoms with van der Waals surface area (Å²) in [5.41, 5.74) is 1.27. The van der Waals surface area contributed by atoms with E-state index in [-0.39, 0.29) is 38.1 Å². The summed E-state index contributed by atoms with van der Waals surface area (Å²) < 4.78 is 60.7. The van der Waals surface area contributed by atoms with Crippen LogP contribution in [0.25, 0.3) is 22.0 Å². The Hall–Kier alpha value is -4.86. The summed E-state index contributed by atoms with van der Waals surface area (Å²) in [5.74, 6) is 0.542. The number of hydrogen-bond acceptors (Lipinski definition) is 7. The van der Waals surface area contributed by atoms with Crippen molar-refractivity contribution < 1.29 is 21.6 Å². The van der Waals surface area contributed by atoms with Gasteiger partial charge in [-0.25, -0.2) is 16.8 Å². The minimum atomic E-state index is -4.08. The summed E-state index contributed by atoms with van der Waals surface area (Å²) in [7, 11) is -6.06. The van der Waals surface area contributed by atoms with Gasteiger partial charge in [0.1, 0.15) is 28.0 Å². The Bertz CT molecular complexity index is 2110. The van der Waals surface area contributed by atoms with Crippen molar-refractivity contribution in [2.75, 3.05) is 11.0 Å². The van der Waals surface area contributed by atoms with E-state index in [1.165, 1.54) is 53.1 Å². The topological polar surface area (TPSA) is 151 Å². The number of fused-ring (bicyclic) bond motifs is 1. The van der Waals surface area contributed by atoms with Crippen molar-refractivity contribution in [3.05, 3.63) is 101 Å². The van der Waals surface area contributed by atoms with Crippen molar-refractivity contribution in [2.45, 2.75) is 9.79 Å². The maximum atomic E-state index is 13.0. The largest absolute Gasteiger partial charge is 0.457 e. The molecule has 0 bridgehead atoms. The van der Waals surface area contributed by atoms with Crippen LogP contribution in [-0.4, -0.2) is 32.6 Å². The van der Waals surface area contributed by atoms with Crippen LogP contribution >= 0.6 is 0 Å². The van der Waals surface area contributed by atoms with Crippen LogP contribution in [0.1, 0.15) is 5.56 Å². The van der Waals surface area contributed by atoms with Crippen LogP contribution in [0.2, 0.25) is 0 Å². The first kappa shape index (κ1) is 26.7. The zero-order valence-corrected chi connectivity index (χ0v) is 22.9. The fourth-order valence-corrected chi connectivity index (χ4v) is 6.13. The molecule has 2 N–H and O–H groups in total. The predicted octanol–water partition coefficient (Wildman–Crippen LogP) is 4.40. The van der Waals surface area contributed by atoms with Crippen molar-refractivity contribution in [3.63, 3.8) is 0 Å². The second-order valence-electron chi connectivity index (χ2n) is 9.00. The van der Waals surface area contributed by atoms with Gasteiger partial charge in [0.25, 0.3) is 15.6 Å². The lowest BCUT2D eigenvalue weighted by Crippen LogP contribution is -2.16. The van der Waals surface area contributed by atoms with E-state index in [1.54, 1.807) is 43.7 Å². The van der Waals surface area contributed by atoms with Crippen LogP contribution in [0.15, 0.2) is 99.8 Å². The third-order valence-electron chi connectivity index (χ3n) is 6.17. The number of nitrogens with zero attached hydrogens (tertiary/aromatic N) is 2. The van der Waals surface area contributed by atoms with Gasteiger partial charge in [-0.3, -0.25) is 9.52 Å². The van der Waals surface area contributed by atoms with Gasteiger partial charge < -0.3 is 14.3 Å². The molecule has 2 heterocycles. The molecule has 3 aromatic carbocycles. The molecule has 0 aliphatic rings. The molecule has 0 aliphatic heterocycles. The number of nitrogens with one attached hydrogen (secondary N) is 2. The quantitative estimate of drug-likeness (QED) is 0.292. The number of aromatic amines is 1. The second-order valence-corrected chi connectivity index (χ2v) is 12.7. The van der Waals surface area contributed by atoms with Gasteiger partial charge in [-0.15, -0.1) is 0 Å². The van der Waals surface area contributed by atoms with Crippen LogP contribution in [0.4, 0.5) is 5.69 Å². The van der Waals surface area contributed by atoms with E-state index in [0.29, 0.717) is 22.0 Å². The maximum Gasteiger partial charge on any atom is 0.274 e. The van der Waals surface area contributed by atoms with Gasteiger partial charge in [-0.1, -0.05) is 18.2 Å².